The Morgan fingerprint density at radius 2 is 1.79 bits per heavy atom. The molecule has 0 aromatic heterocycles. The Hall–Kier alpha value is -2.30. The van der Waals surface area contributed by atoms with Gasteiger partial charge in [-0.25, -0.2) is 0 Å². The van der Waals surface area contributed by atoms with Gasteiger partial charge in [0.1, 0.15) is 29.6 Å². The van der Waals surface area contributed by atoms with E-state index in [1.54, 1.807) is 13.8 Å². The highest BCUT2D eigenvalue weighted by molar-refractivity contribution is 6.29. The maximum atomic E-state index is 14.0. The molecular formula is C24H26ClNO8. The van der Waals surface area contributed by atoms with Gasteiger partial charge in [0.2, 0.25) is 0 Å². The van der Waals surface area contributed by atoms with E-state index in [1.165, 1.54) is 6.07 Å². The molecule has 4 aliphatic heterocycles. The Balaban J connectivity index is 0.00000241. The van der Waals surface area contributed by atoms with E-state index in [0.29, 0.717) is 17.5 Å². The molecule has 6 rings (SSSR count). The van der Waals surface area contributed by atoms with Crippen molar-refractivity contribution in [2.45, 2.75) is 68.9 Å². The van der Waals surface area contributed by atoms with E-state index in [1.807, 2.05) is 14.1 Å². The summed E-state index contributed by atoms with van der Waals surface area (Å²) in [6.45, 7) is 3.41. The number of rotatable bonds is 1. The minimum absolute atomic E-state index is 0. The number of esters is 1. The maximum Gasteiger partial charge on any atom is 0.309 e. The van der Waals surface area contributed by atoms with Gasteiger partial charge in [-0.15, -0.1) is 0 Å². The summed E-state index contributed by atoms with van der Waals surface area (Å²) in [5, 5.41) is 22.1. The summed E-state index contributed by atoms with van der Waals surface area (Å²) in [7, 11) is 3.90. The number of phenols is 1. The predicted molar refractivity (Wildman–Crippen MR) is 111 cm³/mol. The number of phenolic OH excluding ortho intramolecular Hbond substituents is 1. The average Bonchev–Trinajstić information content (AvgIpc) is 3.22. The lowest BCUT2D eigenvalue weighted by atomic mass is 9.73. The number of hydrogen-bond donors (Lipinski definition) is 3. The zero-order valence-corrected chi connectivity index (χ0v) is 19.9. The number of hydrogen-bond acceptors (Lipinski definition) is 8. The number of carbonyl (C=O) groups is 3. The van der Waals surface area contributed by atoms with Gasteiger partial charge in [-0.3, -0.25) is 14.4 Å². The van der Waals surface area contributed by atoms with Gasteiger partial charge in [0.15, 0.2) is 17.7 Å². The molecule has 7 atom stereocenters. The Labute approximate surface area is 202 Å². The number of aliphatic hydroxyl groups is 1. The van der Waals surface area contributed by atoms with Crippen molar-refractivity contribution in [3.8, 4) is 5.75 Å². The fourth-order valence-electron chi connectivity index (χ4n) is 6.43. The Morgan fingerprint density at radius 3 is 2.47 bits per heavy atom. The molecule has 1 aromatic carbocycles. The first-order chi connectivity index (χ1) is 15.5. The second kappa shape index (κ2) is 7.35. The van der Waals surface area contributed by atoms with Gasteiger partial charge in [-0.1, -0.05) is 0 Å². The summed E-state index contributed by atoms with van der Waals surface area (Å²) in [5.41, 5.74) is 0.219. The highest BCUT2D eigenvalue weighted by Gasteiger charge is 2.60. The van der Waals surface area contributed by atoms with Gasteiger partial charge in [0.05, 0.1) is 43.9 Å². The van der Waals surface area contributed by atoms with E-state index in [0.717, 1.165) is 4.90 Å². The van der Waals surface area contributed by atoms with Crippen LogP contribution < -0.4 is 17.3 Å². The van der Waals surface area contributed by atoms with Gasteiger partial charge in [0.25, 0.3) is 0 Å². The SMILES string of the molecule is C[C@H]1O[C@@H]2CC(=O)O[C@@H]2C2=C1C(=O)c1c(O)cc3c(c1C2=O)[C@H]1C[C@@H]([NH+](C)C)[C@H](O)[C@]3(C)O1.[Cl-]. The summed E-state index contributed by atoms with van der Waals surface area (Å²) >= 11 is 0. The Morgan fingerprint density at radius 1 is 1.12 bits per heavy atom. The predicted octanol–water partition coefficient (Wildman–Crippen LogP) is -3.26. The van der Waals surface area contributed by atoms with Crippen LogP contribution in [-0.4, -0.2) is 72.3 Å². The molecule has 2 fully saturated rings. The van der Waals surface area contributed by atoms with Crippen LogP contribution >= 0.6 is 0 Å². The first-order valence-corrected chi connectivity index (χ1v) is 11.3. The fraction of sp³-hybridized carbons (Fsp3) is 0.542. The van der Waals surface area contributed by atoms with Crippen molar-refractivity contribution in [2.75, 3.05) is 14.1 Å². The van der Waals surface area contributed by atoms with Crippen LogP contribution in [0.1, 0.15) is 64.6 Å². The number of Topliss-reactive ketones (excluding diaryl/α,β-unsaturated/α-hetero) is 2. The number of aromatic hydroxyl groups is 1. The second-order valence-electron chi connectivity index (χ2n) is 10.1. The number of ether oxygens (including phenoxy) is 3. The molecule has 4 heterocycles. The zero-order chi connectivity index (χ0) is 23.6. The molecule has 2 saturated heterocycles. The molecule has 0 unspecified atom stereocenters. The highest BCUT2D eigenvalue weighted by Crippen LogP contribution is 2.56. The minimum Gasteiger partial charge on any atom is -1.00 e. The fourth-order valence-corrected chi connectivity index (χ4v) is 6.43. The third kappa shape index (κ3) is 2.73. The molecule has 0 radical (unpaired) electrons. The van der Waals surface area contributed by atoms with Crippen molar-refractivity contribution in [3.05, 3.63) is 39.5 Å². The second-order valence-corrected chi connectivity index (χ2v) is 10.1. The number of fused-ring (bicyclic) bond motifs is 9. The van der Waals surface area contributed by atoms with Crippen molar-refractivity contribution in [3.63, 3.8) is 0 Å². The molecule has 1 aliphatic carbocycles. The van der Waals surface area contributed by atoms with Crippen LogP contribution in [0.5, 0.6) is 5.75 Å². The smallest absolute Gasteiger partial charge is 0.309 e. The zero-order valence-electron chi connectivity index (χ0n) is 19.2. The molecule has 1 aromatic rings. The first-order valence-electron chi connectivity index (χ1n) is 11.3. The van der Waals surface area contributed by atoms with Crippen LogP contribution in [0.2, 0.25) is 0 Å². The van der Waals surface area contributed by atoms with Crippen LogP contribution in [0.3, 0.4) is 0 Å². The molecule has 3 N–H and O–H groups in total. The van der Waals surface area contributed by atoms with Gasteiger partial charge < -0.3 is 41.7 Å². The van der Waals surface area contributed by atoms with Gasteiger partial charge in [0, 0.05) is 17.6 Å². The van der Waals surface area contributed by atoms with Gasteiger partial charge >= 0.3 is 5.97 Å². The van der Waals surface area contributed by atoms with Gasteiger partial charge in [-0.2, -0.15) is 0 Å². The summed E-state index contributed by atoms with van der Waals surface area (Å²) in [6.07, 6.45) is -3.21. The molecule has 2 bridgehead atoms. The van der Waals surface area contributed by atoms with Crippen molar-refractivity contribution >= 4 is 17.5 Å². The lowest BCUT2D eigenvalue weighted by molar-refractivity contribution is -0.893. The van der Waals surface area contributed by atoms with Crippen LogP contribution in [-0.2, 0) is 24.6 Å². The molecule has 34 heavy (non-hydrogen) atoms. The maximum absolute atomic E-state index is 14.0. The van der Waals surface area contributed by atoms with Crippen molar-refractivity contribution in [1.29, 1.82) is 0 Å². The highest BCUT2D eigenvalue weighted by atomic mass is 35.5. The monoisotopic (exact) mass is 491 g/mol. The van der Waals surface area contributed by atoms with E-state index in [-0.39, 0.29) is 52.9 Å². The lowest BCUT2D eigenvalue weighted by Crippen LogP contribution is -3.12. The average molecular weight is 492 g/mol. The van der Waals surface area contributed by atoms with E-state index in [2.05, 4.69) is 0 Å². The lowest BCUT2D eigenvalue weighted by Gasteiger charge is -2.41. The number of carbonyl (C=O) groups excluding carboxylic acids is 3. The van der Waals surface area contributed by atoms with Crippen molar-refractivity contribution in [1.82, 2.24) is 0 Å². The third-order valence-electron chi connectivity index (χ3n) is 8.01. The molecule has 5 aliphatic rings. The number of benzene rings is 1. The number of halogens is 1. The third-order valence-corrected chi connectivity index (χ3v) is 8.01. The van der Waals surface area contributed by atoms with Crippen molar-refractivity contribution in [2.24, 2.45) is 0 Å². The number of nitrogens with one attached hydrogen (secondary N) is 1. The quantitative estimate of drug-likeness (QED) is 0.350. The molecule has 0 spiro atoms. The first kappa shape index (κ1) is 23.4. The minimum atomic E-state index is -1.13. The number of quaternary nitrogens is 1. The van der Waals surface area contributed by atoms with E-state index >= 15 is 0 Å². The standard InChI is InChI=1S/C24H25NO8.ClH/c1-8-15-19(22-13(31-8)7-14(27)32-22)21(29)18-16-9(5-11(26)17(18)20(15)28)24(2)23(30)10(25(3)4)6-12(16)33-24;/h5,8,10,12-13,22-23,26,30H,6-7H2,1-4H3;1H/t8-,10-,12-,13-,22+,23+,24-;/m1./s1. The van der Waals surface area contributed by atoms with E-state index in [9.17, 15) is 24.6 Å². The number of ketones is 2. The topological polar surface area (TPSA) is 124 Å². The Bertz CT molecular complexity index is 1190. The van der Waals surface area contributed by atoms with Gasteiger partial charge in [-0.05, 0) is 31.0 Å². The normalized spacial score (nSPS) is 37.6. The van der Waals surface area contributed by atoms with Crippen molar-refractivity contribution < 1.29 is 56.1 Å². The van der Waals surface area contributed by atoms with Crippen LogP contribution in [0.25, 0.3) is 0 Å². The molecular weight excluding hydrogens is 466 g/mol. The van der Waals surface area contributed by atoms with E-state index < -0.39 is 53.7 Å². The van der Waals surface area contributed by atoms with Crippen LogP contribution in [0.15, 0.2) is 17.2 Å². The summed E-state index contributed by atoms with van der Waals surface area (Å²) in [4.78, 5) is 40.6. The van der Waals surface area contributed by atoms with E-state index in [4.69, 9.17) is 14.2 Å². The molecule has 0 amide bonds. The number of likely N-dealkylation sites (N-methyl/N-ethyl adjacent to an activating group) is 1. The largest absolute Gasteiger partial charge is 1.00 e. The summed E-state index contributed by atoms with van der Waals surface area (Å²) in [6, 6.07) is 1.29. The number of aliphatic hydroxyl groups excluding tert-OH is 1. The summed E-state index contributed by atoms with van der Waals surface area (Å²) in [5.74, 6) is -1.76. The molecule has 9 nitrogen and oxygen atoms in total. The van der Waals surface area contributed by atoms with Crippen LogP contribution in [0.4, 0.5) is 0 Å². The summed E-state index contributed by atoms with van der Waals surface area (Å²) < 4.78 is 17.5. The molecule has 10 heteroatoms. The van der Waals surface area contributed by atoms with Crippen LogP contribution in [0, 0.1) is 0 Å². The molecule has 182 valence electrons. The Kier molecular flexibility index (Phi) is 5.07. The molecule has 0 saturated carbocycles.